The fraction of sp³-hybridized carbons (Fsp3) is 0.656. The first-order chi connectivity index (χ1) is 21.2. The van der Waals surface area contributed by atoms with Gasteiger partial charge in [-0.05, 0) is 50.8 Å². The van der Waals surface area contributed by atoms with Gasteiger partial charge in [0.15, 0.2) is 29.3 Å². The normalized spacial score (nSPS) is 22.1. The number of aliphatic imine (C=N–C) groups is 1. The van der Waals surface area contributed by atoms with E-state index >= 15 is 0 Å². The van der Waals surface area contributed by atoms with Gasteiger partial charge in [-0.15, -0.1) is 0 Å². The van der Waals surface area contributed by atoms with Gasteiger partial charge in [0.1, 0.15) is 6.04 Å². The maximum Gasteiger partial charge on any atom is 0.415 e. The minimum Gasteiger partial charge on any atom is -0.477 e. The van der Waals surface area contributed by atoms with E-state index < -0.39 is 29.1 Å². The summed E-state index contributed by atoms with van der Waals surface area (Å²) in [7, 11) is 3.67. The maximum absolute atomic E-state index is 13.2. The minimum atomic E-state index is -0.787. The number of nitrogens with one attached hydrogen (secondary N) is 2. The summed E-state index contributed by atoms with van der Waals surface area (Å²) in [5.41, 5.74) is 11.8. The third-order valence-corrected chi connectivity index (χ3v) is 8.95. The number of hydrogen-bond acceptors (Lipinski definition) is 8. The lowest BCUT2D eigenvalue weighted by atomic mass is 9.68. The maximum atomic E-state index is 13.2. The molecule has 2 heterocycles. The first kappa shape index (κ1) is 34.0. The number of amides is 3. The molecule has 1 unspecified atom stereocenters. The fourth-order valence-electron chi connectivity index (χ4n) is 6.58. The number of ketones is 1. The first-order valence-electron chi connectivity index (χ1n) is 15.8. The van der Waals surface area contributed by atoms with Gasteiger partial charge in [0, 0.05) is 56.7 Å². The summed E-state index contributed by atoms with van der Waals surface area (Å²) in [6.45, 7) is 8.63. The van der Waals surface area contributed by atoms with Gasteiger partial charge in [-0.3, -0.25) is 19.4 Å². The number of nitrogens with zero attached hydrogens (tertiary/aromatic N) is 3. The van der Waals surface area contributed by atoms with Crippen molar-refractivity contribution in [1.29, 1.82) is 0 Å². The van der Waals surface area contributed by atoms with Crippen LogP contribution in [-0.2, 0) is 26.2 Å². The molecule has 4 rings (SSSR count). The van der Waals surface area contributed by atoms with Gasteiger partial charge in [-0.25, -0.2) is 4.79 Å². The van der Waals surface area contributed by atoms with E-state index in [1.807, 2.05) is 13.0 Å². The number of likely N-dealkylation sites (N-methyl/N-ethyl adjacent to an activating group) is 2. The van der Waals surface area contributed by atoms with Crippen molar-refractivity contribution < 1.29 is 28.7 Å². The molecule has 3 aliphatic rings. The Bertz CT molecular complexity index is 1330. The summed E-state index contributed by atoms with van der Waals surface area (Å²) in [6, 6.07) is 3.29. The molecule has 1 saturated heterocycles. The van der Waals surface area contributed by atoms with E-state index in [-0.39, 0.29) is 36.6 Å². The second-order valence-electron chi connectivity index (χ2n) is 13.6. The SMILES string of the molecule is CCCC(=O)C1Oc2c(OC(=O)N(C)CCNC(=O)[C@H](CCCN=C(N)N)NC(=O)C(C)(C)C)ccc3c2[C@]12C[C@@H](C3)N(C)C2. The number of carbonyl (C=O) groups is 4. The van der Waals surface area contributed by atoms with Crippen LogP contribution in [0, 0.1) is 5.41 Å². The van der Waals surface area contributed by atoms with E-state index in [4.69, 9.17) is 20.9 Å². The Kier molecular flexibility index (Phi) is 10.3. The Morgan fingerprint density at radius 3 is 2.64 bits per heavy atom. The lowest BCUT2D eigenvalue weighted by molar-refractivity contribution is -0.133. The van der Waals surface area contributed by atoms with Crippen molar-refractivity contribution in [1.82, 2.24) is 20.4 Å². The Morgan fingerprint density at radius 1 is 1.24 bits per heavy atom. The molecule has 0 saturated carbocycles. The van der Waals surface area contributed by atoms with Crippen molar-refractivity contribution in [2.75, 3.05) is 40.3 Å². The van der Waals surface area contributed by atoms with E-state index in [1.54, 1.807) is 33.9 Å². The molecule has 13 nitrogen and oxygen atoms in total. The summed E-state index contributed by atoms with van der Waals surface area (Å²) in [6.07, 6.45) is 2.48. The van der Waals surface area contributed by atoms with E-state index in [1.165, 1.54) is 4.90 Å². The molecule has 1 spiro atoms. The van der Waals surface area contributed by atoms with Crippen LogP contribution < -0.4 is 31.6 Å². The van der Waals surface area contributed by atoms with Gasteiger partial charge >= 0.3 is 6.09 Å². The second-order valence-corrected chi connectivity index (χ2v) is 13.6. The highest BCUT2D eigenvalue weighted by Crippen LogP contribution is 2.58. The van der Waals surface area contributed by atoms with Crippen LogP contribution in [-0.4, -0.2) is 97.9 Å². The van der Waals surface area contributed by atoms with Gasteiger partial charge < -0.3 is 41.4 Å². The quantitative estimate of drug-likeness (QED) is 0.143. The highest BCUT2D eigenvalue weighted by atomic mass is 16.6. The molecule has 0 radical (unpaired) electrons. The smallest absolute Gasteiger partial charge is 0.415 e. The van der Waals surface area contributed by atoms with Crippen LogP contribution in [0.25, 0.3) is 0 Å². The Balaban J connectivity index is 1.39. The number of likely N-dealkylation sites (tertiary alicyclic amines) is 1. The van der Waals surface area contributed by atoms with Crippen molar-refractivity contribution in [3.63, 3.8) is 0 Å². The molecule has 6 N–H and O–H groups in total. The predicted octanol–water partition coefficient (Wildman–Crippen LogP) is 1.45. The van der Waals surface area contributed by atoms with E-state index in [2.05, 4.69) is 27.6 Å². The molecule has 0 aromatic heterocycles. The van der Waals surface area contributed by atoms with Gasteiger partial charge in [0.25, 0.3) is 0 Å². The Hall–Kier alpha value is -3.87. The van der Waals surface area contributed by atoms with Crippen LogP contribution in [0.2, 0.25) is 0 Å². The number of ether oxygens (including phenoxy) is 2. The summed E-state index contributed by atoms with van der Waals surface area (Å²) in [5, 5.41) is 5.61. The van der Waals surface area contributed by atoms with Crippen LogP contribution in [0.4, 0.5) is 4.79 Å². The van der Waals surface area contributed by atoms with Crippen LogP contribution in [0.1, 0.15) is 70.9 Å². The number of nitrogens with two attached hydrogens (primary N) is 2. The van der Waals surface area contributed by atoms with Crippen molar-refractivity contribution in [3.8, 4) is 11.5 Å². The fourth-order valence-corrected chi connectivity index (χ4v) is 6.58. The standard InChI is InChI=1S/C32H49N7O6/c1-7-9-22(40)26-32-17-20(39(6)18-32)16-19-11-12-23(25(45-26)24(19)32)44-30(43)38(5)15-14-35-27(41)21(10-8-13-36-29(33)34)37-28(42)31(2,3)4/h11-12,20-21,26H,7-10,13-18H2,1-6H3,(H,35,41)(H,37,42)(H4,33,34,36)/t20-,21+,26?,32-/m1/s1. The molecule has 1 aromatic rings. The number of hydrogen-bond donors (Lipinski definition) is 4. The van der Waals surface area contributed by atoms with Gasteiger partial charge in [0.2, 0.25) is 11.8 Å². The van der Waals surface area contributed by atoms with Gasteiger partial charge in [-0.2, -0.15) is 0 Å². The van der Waals surface area contributed by atoms with E-state index in [0.29, 0.717) is 43.3 Å². The number of guanidine groups is 1. The van der Waals surface area contributed by atoms with Crippen molar-refractivity contribution >= 4 is 29.7 Å². The highest BCUT2D eigenvalue weighted by molar-refractivity contribution is 5.90. The molecule has 1 fully saturated rings. The average molecular weight is 628 g/mol. The molecule has 3 amide bonds. The minimum absolute atomic E-state index is 0.0376. The number of Topliss-reactive ketones (excluding diaryl/α,β-unsaturated/α-hetero) is 1. The number of carbonyl (C=O) groups excluding carboxylic acids is 4. The van der Waals surface area contributed by atoms with Crippen LogP contribution >= 0.6 is 0 Å². The molecular weight excluding hydrogens is 578 g/mol. The average Bonchev–Trinajstić information content (AvgIpc) is 3.44. The van der Waals surface area contributed by atoms with Gasteiger partial charge in [0.05, 0.1) is 5.41 Å². The van der Waals surface area contributed by atoms with Crippen LogP contribution in [0.15, 0.2) is 17.1 Å². The molecule has 248 valence electrons. The van der Waals surface area contributed by atoms with Gasteiger partial charge in [-0.1, -0.05) is 33.8 Å². The number of rotatable bonds is 13. The van der Waals surface area contributed by atoms with Crippen molar-refractivity contribution in [2.24, 2.45) is 21.9 Å². The summed E-state index contributed by atoms with van der Waals surface area (Å²) < 4.78 is 12.2. The first-order valence-corrected chi connectivity index (χ1v) is 15.8. The van der Waals surface area contributed by atoms with Crippen molar-refractivity contribution in [2.45, 2.75) is 89.8 Å². The summed E-state index contributed by atoms with van der Waals surface area (Å²) >= 11 is 0. The Morgan fingerprint density at radius 2 is 1.98 bits per heavy atom. The molecule has 1 aromatic carbocycles. The molecule has 1 aliphatic carbocycles. The number of benzene rings is 1. The number of fused-ring (bicyclic) bond motifs is 1. The topological polar surface area (TPSA) is 182 Å². The molecule has 4 atom stereocenters. The largest absolute Gasteiger partial charge is 0.477 e. The summed E-state index contributed by atoms with van der Waals surface area (Å²) in [5.74, 6) is 0.191. The van der Waals surface area contributed by atoms with Crippen molar-refractivity contribution in [3.05, 3.63) is 23.3 Å². The van der Waals surface area contributed by atoms with E-state index in [0.717, 1.165) is 36.9 Å². The third kappa shape index (κ3) is 7.34. The lowest BCUT2D eigenvalue weighted by Gasteiger charge is -2.32. The summed E-state index contributed by atoms with van der Waals surface area (Å²) in [4.78, 5) is 59.6. The zero-order valence-electron chi connectivity index (χ0n) is 27.4. The van der Waals surface area contributed by atoms with E-state index in [9.17, 15) is 19.2 Å². The zero-order valence-corrected chi connectivity index (χ0v) is 27.4. The molecular formula is C32H49N7O6. The lowest BCUT2D eigenvalue weighted by Crippen LogP contribution is -2.51. The molecule has 13 heteroatoms. The third-order valence-electron chi connectivity index (χ3n) is 8.95. The van der Waals surface area contributed by atoms with Crippen LogP contribution in [0.5, 0.6) is 11.5 Å². The molecule has 2 aliphatic heterocycles. The van der Waals surface area contributed by atoms with Crippen LogP contribution in [0.3, 0.4) is 0 Å². The monoisotopic (exact) mass is 627 g/mol. The molecule has 45 heavy (non-hydrogen) atoms. The molecule has 2 bridgehead atoms. The highest BCUT2D eigenvalue weighted by Gasteiger charge is 2.61. The zero-order chi connectivity index (χ0) is 33.1. The predicted molar refractivity (Wildman–Crippen MR) is 170 cm³/mol. The Labute approximate surface area is 265 Å². The second kappa shape index (κ2) is 13.6.